The lowest BCUT2D eigenvalue weighted by Gasteiger charge is -2.60. The van der Waals surface area contributed by atoms with Crippen LogP contribution in [0.15, 0.2) is 85.2 Å². The largest absolute Gasteiger partial charge is 0.458 e. The van der Waals surface area contributed by atoms with Crippen molar-refractivity contribution in [3.63, 3.8) is 0 Å². The minimum atomic E-state index is -0.252. The first kappa shape index (κ1) is 20.9. The zero-order valence-electron chi connectivity index (χ0n) is 18.7. The highest BCUT2D eigenvalue weighted by molar-refractivity contribution is 5.89. The Morgan fingerprint density at radius 2 is 1.38 bits per heavy atom. The molecule has 1 aromatic heterocycles. The van der Waals surface area contributed by atoms with Crippen molar-refractivity contribution in [1.82, 2.24) is 9.88 Å². The number of carbonyl (C=O) groups excluding carboxylic acids is 1. The van der Waals surface area contributed by atoms with Gasteiger partial charge in [0.05, 0.1) is 5.56 Å². The Balaban J connectivity index is 1.57. The van der Waals surface area contributed by atoms with Crippen molar-refractivity contribution < 1.29 is 9.53 Å². The number of hydrogen-bond donors (Lipinski definition) is 0. The summed E-state index contributed by atoms with van der Waals surface area (Å²) in [7, 11) is 4.36. The third kappa shape index (κ3) is 3.73. The van der Waals surface area contributed by atoms with Crippen LogP contribution in [-0.2, 0) is 4.74 Å². The lowest BCUT2D eigenvalue weighted by Crippen LogP contribution is -2.61. The smallest absolute Gasteiger partial charge is 0.338 e. The van der Waals surface area contributed by atoms with Crippen LogP contribution in [0.5, 0.6) is 0 Å². The van der Waals surface area contributed by atoms with E-state index in [1.807, 2.05) is 0 Å². The molecule has 0 amide bonds. The van der Waals surface area contributed by atoms with Crippen molar-refractivity contribution in [2.24, 2.45) is 5.92 Å². The maximum atomic E-state index is 13.1. The zero-order chi connectivity index (χ0) is 22.1. The summed E-state index contributed by atoms with van der Waals surface area (Å²) in [5.74, 6) is 0.660. The first-order valence-corrected chi connectivity index (χ1v) is 11.5. The van der Waals surface area contributed by atoms with Gasteiger partial charge in [-0.2, -0.15) is 0 Å². The number of hydrogen-bond acceptors (Lipinski definition) is 4. The minimum Gasteiger partial charge on any atom is -0.458 e. The highest BCUT2D eigenvalue weighted by Crippen LogP contribution is 2.60. The van der Waals surface area contributed by atoms with Crippen molar-refractivity contribution in [1.29, 1.82) is 0 Å². The normalized spacial score (nSPS) is 29.1. The van der Waals surface area contributed by atoms with Crippen LogP contribution in [0.3, 0.4) is 0 Å². The third-order valence-electron chi connectivity index (χ3n) is 7.72. The number of fused-ring (bicyclic) bond motifs is 3. The Kier molecular flexibility index (Phi) is 5.56. The highest BCUT2D eigenvalue weighted by atomic mass is 16.5. The van der Waals surface area contributed by atoms with Crippen LogP contribution in [0, 0.1) is 5.92 Å². The molecule has 2 bridgehead atoms. The molecule has 2 aromatic carbocycles. The van der Waals surface area contributed by atoms with E-state index in [0.29, 0.717) is 17.4 Å². The topological polar surface area (TPSA) is 42.4 Å². The van der Waals surface area contributed by atoms with E-state index in [2.05, 4.69) is 84.6 Å². The van der Waals surface area contributed by atoms with Crippen molar-refractivity contribution in [2.45, 2.75) is 42.7 Å². The molecule has 0 aliphatic heterocycles. The Hall–Kier alpha value is -2.98. The lowest BCUT2D eigenvalue weighted by molar-refractivity contribution is -0.0986. The molecule has 0 radical (unpaired) electrons. The van der Waals surface area contributed by atoms with E-state index in [9.17, 15) is 4.79 Å². The molecule has 3 atom stereocenters. The predicted octanol–water partition coefficient (Wildman–Crippen LogP) is 5.29. The maximum Gasteiger partial charge on any atom is 0.338 e. The molecular weight excluding hydrogens is 396 g/mol. The highest BCUT2D eigenvalue weighted by Gasteiger charge is 2.58. The summed E-state index contributed by atoms with van der Waals surface area (Å²) < 4.78 is 6.30. The van der Waals surface area contributed by atoms with Crippen LogP contribution in [-0.4, -0.2) is 41.6 Å². The van der Waals surface area contributed by atoms with Crippen molar-refractivity contribution in [3.8, 4) is 0 Å². The number of nitrogens with zero attached hydrogens (tertiary/aromatic N) is 2. The molecule has 0 unspecified atom stereocenters. The van der Waals surface area contributed by atoms with Crippen LogP contribution in [0.1, 0.15) is 52.6 Å². The molecule has 164 valence electrons. The van der Waals surface area contributed by atoms with Gasteiger partial charge in [-0.3, -0.25) is 4.98 Å². The Bertz CT molecular complexity index is 1000. The summed E-state index contributed by atoms with van der Waals surface area (Å²) in [5.41, 5.74) is 3.23. The molecule has 6 rings (SSSR count). The van der Waals surface area contributed by atoms with E-state index in [-0.39, 0.29) is 23.5 Å². The molecule has 1 heterocycles. The van der Waals surface area contributed by atoms with Gasteiger partial charge in [0.1, 0.15) is 6.10 Å². The van der Waals surface area contributed by atoms with Crippen LogP contribution in [0.2, 0.25) is 0 Å². The van der Waals surface area contributed by atoms with Gasteiger partial charge in [0, 0.05) is 30.3 Å². The molecule has 32 heavy (non-hydrogen) atoms. The van der Waals surface area contributed by atoms with Crippen molar-refractivity contribution in [3.05, 3.63) is 102 Å². The van der Waals surface area contributed by atoms with E-state index in [1.165, 1.54) is 11.1 Å². The molecule has 3 fully saturated rings. The molecule has 0 N–H and O–H groups in total. The fourth-order valence-electron chi connectivity index (χ4n) is 6.09. The molecule has 4 nitrogen and oxygen atoms in total. The SMILES string of the molecule is CN(C)C12C[C@@H](OC(=O)c3ccncc3)C([C@H](c3ccccc3)C1)[C@H](c1ccccc1)C2. The average molecular weight is 427 g/mol. The number of pyridine rings is 1. The molecule has 0 saturated heterocycles. The molecule has 4 heteroatoms. The summed E-state index contributed by atoms with van der Waals surface area (Å²) in [6, 6.07) is 25.0. The van der Waals surface area contributed by atoms with Gasteiger partial charge in [-0.25, -0.2) is 4.79 Å². The number of rotatable bonds is 5. The quantitative estimate of drug-likeness (QED) is 0.520. The first-order chi connectivity index (χ1) is 15.6. The fourth-order valence-corrected chi connectivity index (χ4v) is 6.09. The van der Waals surface area contributed by atoms with E-state index in [4.69, 9.17) is 4.74 Å². The van der Waals surface area contributed by atoms with Gasteiger partial charge in [-0.05, 0) is 62.0 Å². The van der Waals surface area contributed by atoms with Crippen molar-refractivity contribution >= 4 is 5.97 Å². The van der Waals surface area contributed by atoms with Gasteiger partial charge < -0.3 is 9.64 Å². The molecule has 3 aromatic rings. The summed E-state index contributed by atoms with van der Waals surface area (Å²) in [6.07, 6.45) is 6.18. The number of esters is 1. The van der Waals surface area contributed by atoms with E-state index in [1.54, 1.807) is 24.5 Å². The van der Waals surface area contributed by atoms with E-state index in [0.717, 1.165) is 19.3 Å². The maximum absolute atomic E-state index is 13.1. The zero-order valence-corrected chi connectivity index (χ0v) is 18.7. The van der Waals surface area contributed by atoms with Crippen LogP contribution in [0.4, 0.5) is 0 Å². The molecule has 3 aliphatic carbocycles. The second kappa shape index (κ2) is 8.51. The number of carbonyl (C=O) groups is 1. The molecule has 3 aliphatic rings. The van der Waals surface area contributed by atoms with Gasteiger partial charge in [0.15, 0.2) is 0 Å². The fraction of sp³-hybridized carbons (Fsp3) is 0.357. The second-order valence-corrected chi connectivity index (χ2v) is 9.52. The van der Waals surface area contributed by atoms with Gasteiger partial charge in [0.2, 0.25) is 0 Å². The Labute approximate surface area is 190 Å². The number of ether oxygens (including phenoxy) is 1. The molecule has 3 saturated carbocycles. The first-order valence-electron chi connectivity index (χ1n) is 11.5. The summed E-state index contributed by atoms with van der Waals surface area (Å²) in [4.78, 5) is 19.5. The van der Waals surface area contributed by atoms with Gasteiger partial charge >= 0.3 is 5.97 Å². The van der Waals surface area contributed by atoms with Crippen molar-refractivity contribution in [2.75, 3.05) is 14.1 Å². The van der Waals surface area contributed by atoms with Crippen LogP contribution < -0.4 is 0 Å². The second-order valence-electron chi connectivity index (χ2n) is 9.52. The average Bonchev–Trinajstić information content (AvgIpc) is 2.85. The molecule has 0 spiro atoms. The standard InChI is InChI=1S/C28H30N2O2/c1-30(2)28-17-23(20-9-5-3-6-10-20)26(24(18-28)21-11-7-4-8-12-21)25(19-28)32-27(31)22-13-15-29-16-14-22/h3-16,23-26H,17-19H2,1-2H3/t23-,24-,25+,26?,28?/m0/s1. The predicted molar refractivity (Wildman–Crippen MR) is 126 cm³/mol. The number of benzene rings is 2. The number of aromatic nitrogens is 1. The summed E-state index contributed by atoms with van der Waals surface area (Å²) >= 11 is 0. The van der Waals surface area contributed by atoms with Crippen LogP contribution >= 0.6 is 0 Å². The minimum absolute atomic E-state index is 0.0149. The third-order valence-corrected chi connectivity index (χ3v) is 7.72. The van der Waals surface area contributed by atoms with Gasteiger partial charge in [-0.1, -0.05) is 60.7 Å². The van der Waals surface area contributed by atoms with Crippen LogP contribution in [0.25, 0.3) is 0 Å². The summed E-state index contributed by atoms with van der Waals surface area (Å²) in [6.45, 7) is 0. The monoisotopic (exact) mass is 426 g/mol. The van der Waals surface area contributed by atoms with E-state index >= 15 is 0 Å². The Morgan fingerprint density at radius 3 is 1.88 bits per heavy atom. The molecular formula is C28H30N2O2. The van der Waals surface area contributed by atoms with E-state index < -0.39 is 0 Å². The van der Waals surface area contributed by atoms with Gasteiger partial charge in [-0.15, -0.1) is 0 Å². The van der Waals surface area contributed by atoms with Gasteiger partial charge in [0.25, 0.3) is 0 Å². The lowest BCUT2D eigenvalue weighted by atomic mass is 9.52. The summed E-state index contributed by atoms with van der Waals surface area (Å²) in [5, 5.41) is 0. The Morgan fingerprint density at radius 1 is 0.844 bits per heavy atom.